The second kappa shape index (κ2) is 3.57. The molecule has 12 heavy (non-hydrogen) atoms. The van der Waals surface area contributed by atoms with Gasteiger partial charge < -0.3 is 0 Å². The first-order chi connectivity index (χ1) is 5.79. The molecule has 0 unspecified atom stereocenters. The zero-order chi connectivity index (χ0) is 8.97. The van der Waals surface area contributed by atoms with E-state index in [0.717, 1.165) is 0 Å². The fraction of sp³-hybridized carbons (Fsp3) is 0. The van der Waals surface area contributed by atoms with E-state index < -0.39 is 5.78 Å². The highest BCUT2D eigenvalue weighted by molar-refractivity contribution is 6.34. The lowest BCUT2D eigenvalue weighted by Crippen LogP contribution is -2.03. The van der Waals surface area contributed by atoms with Crippen LogP contribution in [0.2, 0.25) is 0 Å². The standard InChI is InChI=1S/C9H6O3/c10-5-7-3-1-2-4-8(7)9(12)6-11/h1-6H. The molecule has 0 fully saturated rings. The van der Waals surface area contributed by atoms with Gasteiger partial charge in [0.1, 0.15) is 0 Å². The van der Waals surface area contributed by atoms with Gasteiger partial charge in [-0.15, -0.1) is 0 Å². The van der Waals surface area contributed by atoms with Gasteiger partial charge in [0.2, 0.25) is 5.78 Å². The van der Waals surface area contributed by atoms with Crippen LogP contribution < -0.4 is 0 Å². The maximum absolute atomic E-state index is 10.9. The van der Waals surface area contributed by atoms with Crippen molar-refractivity contribution in [2.45, 2.75) is 0 Å². The van der Waals surface area contributed by atoms with Crippen molar-refractivity contribution in [1.29, 1.82) is 0 Å². The molecule has 0 heterocycles. The number of carbonyl (C=O) groups excluding carboxylic acids is 3. The fourth-order valence-electron chi connectivity index (χ4n) is 0.888. The minimum absolute atomic E-state index is 0.155. The zero-order valence-electron chi connectivity index (χ0n) is 6.19. The number of ketones is 1. The predicted molar refractivity (Wildman–Crippen MR) is 42.2 cm³/mol. The molecular formula is C9H6O3. The molecule has 1 rings (SSSR count). The summed E-state index contributed by atoms with van der Waals surface area (Å²) in [6.07, 6.45) is 0.749. The van der Waals surface area contributed by atoms with E-state index in [-0.39, 0.29) is 17.4 Å². The molecule has 1 aromatic carbocycles. The highest BCUT2D eigenvalue weighted by Crippen LogP contribution is 2.05. The summed E-state index contributed by atoms with van der Waals surface area (Å²) in [5.74, 6) is -0.669. The first-order valence-corrected chi connectivity index (χ1v) is 3.33. The maximum Gasteiger partial charge on any atom is 0.226 e. The summed E-state index contributed by atoms with van der Waals surface area (Å²) in [6, 6.07) is 6.17. The van der Waals surface area contributed by atoms with Crippen LogP contribution in [0.5, 0.6) is 0 Å². The van der Waals surface area contributed by atoms with E-state index in [1.807, 2.05) is 0 Å². The Morgan fingerprint density at radius 1 is 1.17 bits per heavy atom. The first kappa shape index (κ1) is 8.33. The quantitative estimate of drug-likeness (QED) is 0.376. The minimum atomic E-state index is -0.669. The SMILES string of the molecule is O=CC(=O)c1ccccc1C=O. The van der Waals surface area contributed by atoms with Crippen LogP contribution in [0.15, 0.2) is 24.3 Å². The monoisotopic (exact) mass is 162 g/mol. The van der Waals surface area contributed by atoms with Crippen LogP contribution in [0.1, 0.15) is 20.7 Å². The molecule has 0 aliphatic rings. The molecular weight excluding hydrogens is 156 g/mol. The molecule has 0 aliphatic carbocycles. The average molecular weight is 162 g/mol. The molecule has 0 N–H and O–H groups in total. The van der Waals surface area contributed by atoms with Crippen molar-refractivity contribution in [3.63, 3.8) is 0 Å². The largest absolute Gasteiger partial charge is 0.298 e. The number of Topliss-reactive ketones (excluding diaryl/α,β-unsaturated/α-hetero) is 1. The van der Waals surface area contributed by atoms with Crippen LogP contribution in [0, 0.1) is 0 Å². The number of aldehydes is 2. The molecule has 60 valence electrons. The Labute approximate surface area is 69.0 Å². The van der Waals surface area contributed by atoms with E-state index in [4.69, 9.17) is 0 Å². The van der Waals surface area contributed by atoms with Crippen molar-refractivity contribution in [1.82, 2.24) is 0 Å². The van der Waals surface area contributed by atoms with Gasteiger partial charge in [-0.3, -0.25) is 14.4 Å². The molecule has 0 radical (unpaired) electrons. The van der Waals surface area contributed by atoms with Crippen molar-refractivity contribution in [2.75, 3.05) is 0 Å². The Balaban J connectivity index is 3.21. The van der Waals surface area contributed by atoms with Crippen LogP contribution in [0.4, 0.5) is 0 Å². The van der Waals surface area contributed by atoms with Crippen LogP contribution in [-0.2, 0) is 4.79 Å². The van der Waals surface area contributed by atoms with Crippen LogP contribution in [0.25, 0.3) is 0 Å². The molecule has 3 nitrogen and oxygen atoms in total. The molecule has 1 aromatic rings. The normalized spacial score (nSPS) is 9.00. The van der Waals surface area contributed by atoms with E-state index in [0.29, 0.717) is 6.29 Å². The number of benzene rings is 1. The molecule has 0 spiro atoms. The Morgan fingerprint density at radius 3 is 2.42 bits per heavy atom. The molecule has 0 bridgehead atoms. The number of rotatable bonds is 3. The molecule has 0 saturated heterocycles. The van der Waals surface area contributed by atoms with Crippen LogP contribution in [-0.4, -0.2) is 18.4 Å². The third-order valence-corrected chi connectivity index (χ3v) is 1.46. The third kappa shape index (κ3) is 1.45. The fourth-order valence-corrected chi connectivity index (χ4v) is 0.888. The van der Waals surface area contributed by atoms with Gasteiger partial charge in [0.05, 0.1) is 0 Å². The summed E-state index contributed by atoms with van der Waals surface area (Å²) >= 11 is 0. The summed E-state index contributed by atoms with van der Waals surface area (Å²) < 4.78 is 0. The molecule has 0 aromatic heterocycles. The van der Waals surface area contributed by atoms with Gasteiger partial charge in [0, 0.05) is 11.1 Å². The highest BCUT2D eigenvalue weighted by Gasteiger charge is 2.07. The number of hydrogen-bond donors (Lipinski definition) is 0. The molecule has 0 atom stereocenters. The van der Waals surface area contributed by atoms with Gasteiger partial charge in [-0.05, 0) is 0 Å². The van der Waals surface area contributed by atoms with E-state index in [1.165, 1.54) is 12.1 Å². The zero-order valence-corrected chi connectivity index (χ0v) is 6.19. The highest BCUT2D eigenvalue weighted by atomic mass is 16.2. The lowest BCUT2D eigenvalue weighted by atomic mass is 10.1. The summed E-state index contributed by atoms with van der Waals surface area (Å²) in [5, 5.41) is 0. The van der Waals surface area contributed by atoms with E-state index in [9.17, 15) is 14.4 Å². The second-order valence-corrected chi connectivity index (χ2v) is 2.19. The summed E-state index contributed by atoms with van der Waals surface area (Å²) in [5.41, 5.74) is 0.400. The predicted octanol–water partition coefficient (Wildman–Crippen LogP) is 0.881. The Kier molecular flexibility index (Phi) is 2.48. The van der Waals surface area contributed by atoms with Crippen LogP contribution in [0.3, 0.4) is 0 Å². The van der Waals surface area contributed by atoms with Crippen molar-refractivity contribution < 1.29 is 14.4 Å². The minimum Gasteiger partial charge on any atom is -0.298 e. The van der Waals surface area contributed by atoms with Gasteiger partial charge >= 0.3 is 0 Å². The lowest BCUT2D eigenvalue weighted by Gasteiger charge is -1.96. The Hall–Kier alpha value is -1.77. The van der Waals surface area contributed by atoms with E-state index in [2.05, 4.69) is 0 Å². The topological polar surface area (TPSA) is 51.2 Å². The molecule has 3 heteroatoms. The summed E-state index contributed by atoms with van der Waals surface area (Å²) in [6.45, 7) is 0. The van der Waals surface area contributed by atoms with Gasteiger partial charge in [-0.25, -0.2) is 0 Å². The van der Waals surface area contributed by atoms with Crippen molar-refractivity contribution in [3.8, 4) is 0 Å². The second-order valence-electron chi connectivity index (χ2n) is 2.19. The van der Waals surface area contributed by atoms with Gasteiger partial charge in [-0.1, -0.05) is 24.3 Å². The van der Waals surface area contributed by atoms with Crippen molar-refractivity contribution in [2.24, 2.45) is 0 Å². The maximum atomic E-state index is 10.9. The van der Waals surface area contributed by atoms with E-state index in [1.54, 1.807) is 12.1 Å². The molecule has 0 amide bonds. The smallest absolute Gasteiger partial charge is 0.226 e. The lowest BCUT2D eigenvalue weighted by molar-refractivity contribution is -0.104. The van der Waals surface area contributed by atoms with Crippen LogP contribution >= 0.6 is 0 Å². The average Bonchev–Trinajstić information content (AvgIpc) is 2.16. The number of carbonyl (C=O) groups is 3. The van der Waals surface area contributed by atoms with E-state index >= 15 is 0 Å². The van der Waals surface area contributed by atoms with Gasteiger partial charge in [-0.2, -0.15) is 0 Å². The van der Waals surface area contributed by atoms with Crippen molar-refractivity contribution >= 4 is 18.4 Å². The molecule has 0 aliphatic heterocycles. The number of hydrogen-bond acceptors (Lipinski definition) is 3. The third-order valence-electron chi connectivity index (χ3n) is 1.46. The Morgan fingerprint density at radius 2 is 1.83 bits per heavy atom. The Bertz CT molecular complexity index is 328. The van der Waals surface area contributed by atoms with Gasteiger partial charge in [0.25, 0.3) is 0 Å². The first-order valence-electron chi connectivity index (χ1n) is 3.33. The molecule has 0 saturated carbocycles. The van der Waals surface area contributed by atoms with Gasteiger partial charge in [0.15, 0.2) is 12.6 Å². The summed E-state index contributed by atoms with van der Waals surface area (Å²) in [7, 11) is 0. The summed E-state index contributed by atoms with van der Waals surface area (Å²) in [4.78, 5) is 31.4. The van der Waals surface area contributed by atoms with Crippen molar-refractivity contribution in [3.05, 3.63) is 35.4 Å².